The summed E-state index contributed by atoms with van der Waals surface area (Å²) >= 11 is 1.13. The van der Waals surface area contributed by atoms with Crippen LogP contribution in [0.4, 0.5) is 38.7 Å². The van der Waals surface area contributed by atoms with E-state index < -0.39 is 23.4 Å². The maximum Gasteiger partial charge on any atom is 0.416 e. The number of hydrogen-bond donors (Lipinski definition) is 1. The van der Waals surface area contributed by atoms with Gasteiger partial charge < -0.3 is 19.7 Å². The van der Waals surface area contributed by atoms with E-state index in [4.69, 9.17) is 9.47 Å². The number of esters is 1. The highest BCUT2D eigenvalue weighted by atomic mass is 32.1. The number of anilines is 3. The summed E-state index contributed by atoms with van der Waals surface area (Å²) in [4.78, 5) is 30.9. The number of likely N-dealkylation sites (tertiary alicyclic amines) is 1. The van der Waals surface area contributed by atoms with Gasteiger partial charge in [-0.2, -0.15) is 17.6 Å². The number of ether oxygens (including phenoxy) is 2. The van der Waals surface area contributed by atoms with Crippen LogP contribution in [-0.2, 0) is 27.0 Å². The Morgan fingerprint density at radius 3 is 2.56 bits per heavy atom. The Morgan fingerprint density at radius 2 is 1.87 bits per heavy atom. The summed E-state index contributed by atoms with van der Waals surface area (Å²) in [5, 5.41) is 3.06. The van der Waals surface area contributed by atoms with E-state index in [2.05, 4.69) is 30.1 Å². The van der Waals surface area contributed by atoms with Gasteiger partial charge in [-0.05, 0) is 31.5 Å². The number of thiazole rings is 1. The van der Waals surface area contributed by atoms with E-state index in [1.165, 1.54) is 6.33 Å². The molecule has 1 aromatic carbocycles. The second kappa shape index (κ2) is 14.3. The summed E-state index contributed by atoms with van der Waals surface area (Å²) < 4.78 is 81.1. The van der Waals surface area contributed by atoms with E-state index in [-0.39, 0.29) is 46.5 Å². The third-order valence-electron chi connectivity index (χ3n) is 7.73. The Hall–Kier alpha value is -3.47. The van der Waals surface area contributed by atoms with E-state index >= 15 is 4.39 Å². The van der Waals surface area contributed by atoms with Crippen molar-refractivity contribution in [2.24, 2.45) is 0 Å². The normalized spacial score (nSPS) is 18.0. The molecule has 2 saturated heterocycles. The van der Waals surface area contributed by atoms with Crippen molar-refractivity contribution in [3.05, 3.63) is 46.6 Å². The highest BCUT2D eigenvalue weighted by Gasteiger charge is 2.33. The molecular weight excluding hydrogens is 621 g/mol. The first-order chi connectivity index (χ1) is 21.5. The molecule has 5 rings (SSSR count). The van der Waals surface area contributed by atoms with Crippen LogP contribution in [0.15, 0.2) is 24.5 Å². The molecule has 0 unspecified atom stereocenters. The van der Waals surface area contributed by atoms with Crippen LogP contribution < -0.4 is 10.2 Å². The van der Waals surface area contributed by atoms with E-state index in [0.29, 0.717) is 69.9 Å². The third kappa shape index (κ3) is 8.23. The fraction of sp³-hybridized carbons (Fsp3) is 0.517. The summed E-state index contributed by atoms with van der Waals surface area (Å²) in [7, 11) is 1.62. The van der Waals surface area contributed by atoms with Crippen LogP contribution in [0, 0.1) is 11.6 Å². The molecule has 2 aliphatic rings. The van der Waals surface area contributed by atoms with Gasteiger partial charge in [-0.1, -0.05) is 11.3 Å². The van der Waals surface area contributed by atoms with Crippen molar-refractivity contribution < 1.29 is 36.2 Å². The number of hydrogen-bond acceptors (Lipinski definition) is 11. The Balaban J connectivity index is 1.36. The lowest BCUT2D eigenvalue weighted by Gasteiger charge is -2.35. The molecule has 4 heterocycles. The zero-order valence-electron chi connectivity index (χ0n) is 24.9. The number of alkyl halides is 3. The highest BCUT2D eigenvalue weighted by molar-refractivity contribution is 7.16. The molecule has 244 valence electrons. The largest absolute Gasteiger partial charge is 0.466 e. The van der Waals surface area contributed by atoms with Crippen molar-refractivity contribution in [2.75, 3.05) is 69.7 Å². The quantitative estimate of drug-likeness (QED) is 0.226. The molecule has 0 bridgehead atoms. The molecule has 0 saturated carbocycles. The van der Waals surface area contributed by atoms with Crippen molar-refractivity contribution in [1.29, 1.82) is 0 Å². The van der Waals surface area contributed by atoms with Crippen LogP contribution in [0.3, 0.4) is 0 Å². The van der Waals surface area contributed by atoms with Crippen molar-refractivity contribution in [3.63, 3.8) is 0 Å². The number of carbonyl (C=O) groups is 1. The fourth-order valence-electron chi connectivity index (χ4n) is 5.40. The number of piperazine rings is 1. The average molecular weight is 656 g/mol. The molecule has 45 heavy (non-hydrogen) atoms. The third-order valence-corrected chi connectivity index (χ3v) is 8.69. The van der Waals surface area contributed by atoms with Gasteiger partial charge in [0, 0.05) is 69.9 Å². The fourth-order valence-corrected chi connectivity index (χ4v) is 6.42. The standard InChI is InChI=1S/C29H34F5N7O3S/c1-3-44-23(42)5-7-39-8-10-41(11-9-39)27-24(31)26(35-17-36-27)38-28-37-25(18-12-19(29(32,33)34)14-20(30)13-18)22(45-28)16-40-6-4-21(15-40)43-2/h12-14,17,21H,3-11,15-16H2,1-2H3,(H,35,36,37,38)/t21-/m0/s1. The Kier molecular flexibility index (Phi) is 10.5. The number of carbonyl (C=O) groups excluding carboxylic acids is 1. The van der Waals surface area contributed by atoms with Crippen LogP contribution in [0.1, 0.15) is 30.2 Å². The molecule has 0 radical (unpaired) electrons. The number of aromatic nitrogens is 3. The summed E-state index contributed by atoms with van der Waals surface area (Å²) in [5.41, 5.74) is -0.991. The lowest BCUT2D eigenvalue weighted by Crippen LogP contribution is -2.47. The first-order valence-electron chi connectivity index (χ1n) is 14.6. The van der Waals surface area contributed by atoms with Crippen molar-refractivity contribution in [3.8, 4) is 11.3 Å². The van der Waals surface area contributed by atoms with Gasteiger partial charge in [-0.15, -0.1) is 0 Å². The van der Waals surface area contributed by atoms with Crippen LogP contribution in [0.5, 0.6) is 0 Å². The minimum Gasteiger partial charge on any atom is -0.466 e. The zero-order chi connectivity index (χ0) is 32.1. The zero-order valence-corrected chi connectivity index (χ0v) is 25.7. The molecule has 1 atom stereocenters. The predicted molar refractivity (Wildman–Crippen MR) is 158 cm³/mol. The van der Waals surface area contributed by atoms with E-state index in [1.54, 1.807) is 18.9 Å². The second-order valence-electron chi connectivity index (χ2n) is 10.8. The van der Waals surface area contributed by atoms with Gasteiger partial charge in [-0.3, -0.25) is 14.6 Å². The number of methoxy groups -OCH3 is 1. The number of rotatable bonds is 11. The maximum absolute atomic E-state index is 15.7. The number of halogens is 5. The van der Waals surface area contributed by atoms with Crippen molar-refractivity contribution in [1.82, 2.24) is 24.8 Å². The Labute approximate surface area is 261 Å². The van der Waals surface area contributed by atoms with Crippen LogP contribution in [0.25, 0.3) is 11.3 Å². The maximum atomic E-state index is 15.7. The summed E-state index contributed by atoms with van der Waals surface area (Å²) in [6.45, 7) is 6.43. The SMILES string of the molecule is CCOC(=O)CCN1CCN(c2ncnc(Nc3nc(-c4cc(F)cc(C(F)(F)F)c4)c(CN4CC[C@H](OC)C4)s3)c2F)CC1. The molecule has 0 amide bonds. The molecule has 10 nitrogen and oxygen atoms in total. The number of nitrogens with one attached hydrogen (secondary N) is 1. The molecular formula is C29H34F5N7O3S. The Bertz CT molecular complexity index is 1480. The van der Waals surface area contributed by atoms with Gasteiger partial charge in [-0.25, -0.2) is 19.3 Å². The van der Waals surface area contributed by atoms with Gasteiger partial charge in [0.05, 0.1) is 30.4 Å². The van der Waals surface area contributed by atoms with Crippen LogP contribution in [-0.4, -0.2) is 96.4 Å². The van der Waals surface area contributed by atoms with Gasteiger partial charge in [0.15, 0.2) is 16.8 Å². The number of nitrogens with zero attached hydrogens (tertiary/aromatic N) is 6. The van der Waals surface area contributed by atoms with Crippen molar-refractivity contribution in [2.45, 2.75) is 38.6 Å². The lowest BCUT2D eigenvalue weighted by atomic mass is 10.1. The predicted octanol–water partition coefficient (Wildman–Crippen LogP) is 4.94. The topological polar surface area (TPSA) is 96.0 Å². The van der Waals surface area contributed by atoms with E-state index in [9.17, 15) is 22.4 Å². The van der Waals surface area contributed by atoms with Gasteiger partial charge >= 0.3 is 12.1 Å². The molecule has 1 N–H and O–H groups in total. The Morgan fingerprint density at radius 1 is 1.09 bits per heavy atom. The average Bonchev–Trinajstić information content (AvgIpc) is 3.63. The van der Waals surface area contributed by atoms with Crippen LogP contribution >= 0.6 is 11.3 Å². The summed E-state index contributed by atoms with van der Waals surface area (Å²) in [5.74, 6) is -2.06. The molecule has 16 heteroatoms. The smallest absolute Gasteiger partial charge is 0.416 e. The summed E-state index contributed by atoms with van der Waals surface area (Å²) in [6, 6.07) is 2.31. The molecule has 0 aliphatic carbocycles. The van der Waals surface area contributed by atoms with Crippen molar-refractivity contribution >= 4 is 34.1 Å². The first kappa shape index (κ1) is 32.9. The van der Waals surface area contributed by atoms with Gasteiger partial charge in [0.2, 0.25) is 5.82 Å². The summed E-state index contributed by atoms with van der Waals surface area (Å²) in [6.07, 6.45) is -2.43. The van der Waals surface area contributed by atoms with E-state index in [0.717, 1.165) is 29.9 Å². The minimum absolute atomic E-state index is 0.0259. The minimum atomic E-state index is -4.75. The molecule has 0 spiro atoms. The second-order valence-corrected chi connectivity index (χ2v) is 11.9. The van der Waals surface area contributed by atoms with Crippen LogP contribution in [0.2, 0.25) is 0 Å². The van der Waals surface area contributed by atoms with Gasteiger partial charge in [0.25, 0.3) is 0 Å². The molecule has 2 aromatic heterocycles. The molecule has 3 aromatic rings. The van der Waals surface area contributed by atoms with Gasteiger partial charge in [0.1, 0.15) is 12.1 Å². The van der Waals surface area contributed by atoms with E-state index in [1.807, 2.05) is 0 Å². The number of benzene rings is 1. The molecule has 2 aliphatic heterocycles. The molecule has 2 fully saturated rings. The first-order valence-corrected chi connectivity index (χ1v) is 15.4. The monoisotopic (exact) mass is 655 g/mol. The highest BCUT2D eigenvalue weighted by Crippen LogP contribution is 2.38. The lowest BCUT2D eigenvalue weighted by molar-refractivity contribution is -0.143.